The second kappa shape index (κ2) is 3.74. The normalized spacial score (nSPS) is 20.2. The van der Waals surface area contributed by atoms with Gasteiger partial charge in [-0.15, -0.1) is 0 Å². The molecule has 13 heavy (non-hydrogen) atoms. The molecule has 0 aromatic rings. The zero-order valence-corrected chi connectivity index (χ0v) is 7.63. The van der Waals surface area contributed by atoms with Crippen LogP contribution < -0.4 is 0 Å². The highest BCUT2D eigenvalue weighted by atomic mass is 14.3. The molecule has 2 nitrogen and oxygen atoms in total. The molecule has 1 radical (unpaired) electrons. The lowest BCUT2D eigenvalue weighted by Gasteiger charge is -2.15. The summed E-state index contributed by atoms with van der Waals surface area (Å²) in [4.78, 5) is 0. The Kier molecular flexibility index (Phi) is 2.67. The van der Waals surface area contributed by atoms with E-state index in [0.29, 0.717) is 0 Å². The average Bonchev–Trinajstić information content (AvgIpc) is 2.11. The maximum Gasteiger partial charge on any atom is 0.133 e. The third-order valence-electron chi connectivity index (χ3n) is 2.03. The van der Waals surface area contributed by atoms with Crippen molar-refractivity contribution in [3.8, 4) is 12.1 Å². The Labute approximate surface area is 78.1 Å². The van der Waals surface area contributed by atoms with Crippen molar-refractivity contribution in [1.82, 2.24) is 0 Å². The molecule has 0 aliphatic heterocycles. The van der Waals surface area contributed by atoms with Crippen LogP contribution in [0.1, 0.15) is 13.8 Å². The first kappa shape index (κ1) is 9.29. The molecule has 63 valence electrons. The molecule has 2 heteroatoms. The predicted molar refractivity (Wildman–Crippen MR) is 49.0 cm³/mol. The fourth-order valence-electron chi connectivity index (χ4n) is 1.39. The average molecular weight is 169 g/mol. The molecule has 0 fully saturated rings. The molecular weight excluding hydrogens is 160 g/mol. The summed E-state index contributed by atoms with van der Waals surface area (Å²) < 4.78 is 0. The lowest BCUT2D eigenvalue weighted by Crippen LogP contribution is -2.04. The monoisotopic (exact) mass is 169 g/mol. The van der Waals surface area contributed by atoms with E-state index in [2.05, 4.69) is 6.08 Å². The van der Waals surface area contributed by atoms with Gasteiger partial charge in [-0.25, -0.2) is 0 Å². The van der Waals surface area contributed by atoms with Crippen molar-refractivity contribution in [1.29, 1.82) is 10.5 Å². The Morgan fingerprint density at radius 2 is 2.08 bits per heavy atom. The van der Waals surface area contributed by atoms with Gasteiger partial charge in [0, 0.05) is 5.92 Å². The zero-order chi connectivity index (χ0) is 9.84. The topological polar surface area (TPSA) is 47.6 Å². The maximum atomic E-state index is 8.72. The smallest absolute Gasteiger partial charge is 0.133 e. The largest absolute Gasteiger partial charge is 0.192 e. The van der Waals surface area contributed by atoms with Crippen LogP contribution in [0.2, 0.25) is 0 Å². The maximum absolute atomic E-state index is 8.72. The highest BCUT2D eigenvalue weighted by Crippen LogP contribution is 2.26. The number of rotatable bonds is 0. The second-order valence-corrected chi connectivity index (χ2v) is 2.92. The summed E-state index contributed by atoms with van der Waals surface area (Å²) >= 11 is 0. The fraction of sp³-hybridized carbons (Fsp3) is 0.273. The summed E-state index contributed by atoms with van der Waals surface area (Å²) in [6.45, 7) is 3.83. The third-order valence-corrected chi connectivity index (χ3v) is 2.03. The molecule has 1 unspecified atom stereocenters. The second-order valence-electron chi connectivity index (χ2n) is 2.92. The van der Waals surface area contributed by atoms with Crippen LogP contribution in [0, 0.1) is 34.7 Å². The summed E-state index contributed by atoms with van der Waals surface area (Å²) in [6.07, 6.45) is 6.74. The first-order valence-corrected chi connectivity index (χ1v) is 4.01. The van der Waals surface area contributed by atoms with Gasteiger partial charge >= 0.3 is 0 Å². The van der Waals surface area contributed by atoms with Crippen LogP contribution in [0.25, 0.3) is 0 Å². The van der Waals surface area contributed by atoms with Crippen LogP contribution in [-0.2, 0) is 0 Å². The molecule has 1 aliphatic carbocycles. The first-order chi connectivity index (χ1) is 6.20. The van der Waals surface area contributed by atoms with Crippen molar-refractivity contribution < 1.29 is 0 Å². The number of hydrogen-bond acceptors (Lipinski definition) is 2. The van der Waals surface area contributed by atoms with Gasteiger partial charge in [-0.1, -0.05) is 19.1 Å². The van der Waals surface area contributed by atoms with Crippen molar-refractivity contribution in [2.75, 3.05) is 0 Å². The first-order valence-electron chi connectivity index (χ1n) is 4.01. The highest BCUT2D eigenvalue weighted by Gasteiger charge is 2.16. The molecule has 0 bridgehead atoms. The quantitative estimate of drug-likeness (QED) is 0.522. The standard InChI is InChI=1S/C11H9N2/c1-8-4-3-5-9(2)11(8)10(6-12)7-13/h3-4,9H,1-2H3. The van der Waals surface area contributed by atoms with Gasteiger partial charge in [0.25, 0.3) is 0 Å². The van der Waals surface area contributed by atoms with Crippen LogP contribution >= 0.6 is 0 Å². The van der Waals surface area contributed by atoms with E-state index in [1.807, 2.05) is 38.1 Å². The van der Waals surface area contributed by atoms with Gasteiger partial charge in [0.05, 0.1) is 0 Å². The van der Waals surface area contributed by atoms with Gasteiger partial charge in [-0.3, -0.25) is 0 Å². The Morgan fingerprint density at radius 3 is 2.54 bits per heavy atom. The zero-order valence-electron chi connectivity index (χ0n) is 7.63. The molecule has 0 saturated carbocycles. The molecule has 0 aromatic heterocycles. The Morgan fingerprint density at radius 1 is 1.46 bits per heavy atom. The highest BCUT2D eigenvalue weighted by molar-refractivity contribution is 5.52. The summed E-state index contributed by atoms with van der Waals surface area (Å²) in [7, 11) is 0. The van der Waals surface area contributed by atoms with Crippen LogP contribution in [0.4, 0.5) is 0 Å². The van der Waals surface area contributed by atoms with Crippen LogP contribution in [0.3, 0.4) is 0 Å². The fourth-order valence-corrected chi connectivity index (χ4v) is 1.39. The van der Waals surface area contributed by atoms with E-state index in [1.165, 1.54) is 0 Å². The summed E-state index contributed by atoms with van der Waals surface area (Å²) in [5.41, 5.74) is 1.97. The molecule has 0 heterocycles. The Hall–Kier alpha value is -1.80. The molecule has 1 atom stereocenters. The van der Waals surface area contributed by atoms with Gasteiger partial charge in [-0.05, 0) is 24.1 Å². The summed E-state index contributed by atoms with van der Waals surface area (Å²) in [5.74, 6) is 0.0410. The SMILES string of the molecule is CC1=CC=[C]C(C)C1=C(C#N)C#N. The molecular formula is C11H9N2. The van der Waals surface area contributed by atoms with Crippen LogP contribution in [-0.4, -0.2) is 0 Å². The minimum atomic E-state index is 0.0410. The minimum Gasteiger partial charge on any atom is -0.192 e. The van der Waals surface area contributed by atoms with E-state index in [9.17, 15) is 0 Å². The molecule has 0 aromatic carbocycles. The number of hydrogen-bond donors (Lipinski definition) is 0. The van der Waals surface area contributed by atoms with Crippen molar-refractivity contribution in [2.24, 2.45) is 5.92 Å². The van der Waals surface area contributed by atoms with Crippen LogP contribution in [0.5, 0.6) is 0 Å². The van der Waals surface area contributed by atoms with Crippen molar-refractivity contribution in [2.45, 2.75) is 13.8 Å². The molecule has 0 amide bonds. The Bertz CT molecular complexity index is 367. The molecule has 1 aliphatic rings. The molecule has 0 spiro atoms. The summed E-state index contributed by atoms with van der Waals surface area (Å²) in [6, 6.07) is 3.81. The van der Waals surface area contributed by atoms with E-state index < -0.39 is 0 Å². The van der Waals surface area contributed by atoms with Gasteiger partial charge in [0.2, 0.25) is 0 Å². The third kappa shape index (κ3) is 1.68. The minimum absolute atomic E-state index is 0.0410. The van der Waals surface area contributed by atoms with E-state index >= 15 is 0 Å². The van der Waals surface area contributed by atoms with Gasteiger partial charge in [-0.2, -0.15) is 10.5 Å². The van der Waals surface area contributed by atoms with E-state index in [4.69, 9.17) is 10.5 Å². The summed E-state index contributed by atoms with van der Waals surface area (Å²) in [5, 5.41) is 17.4. The Balaban J connectivity index is 3.27. The van der Waals surface area contributed by atoms with E-state index in [1.54, 1.807) is 0 Å². The molecule has 0 saturated heterocycles. The molecule has 1 rings (SSSR count). The van der Waals surface area contributed by atoms with Gasteiger partial charge in [0.1, 0.15) is 17.7 Å². The van der Waals surface area contributed by atoms with Crippen molar-refractivity contribution in [3.63, 3.8) is 0 Å². The number of nitriles is 2. The number of allylic oxidation sites excluding steroid dienone is 6. The van der Waals surface area contributed by atoms with E-state index in [0.717, 1.165) is 11.1 Å². The van der Waals surface area contributed by atoms with Crippen molar-refractivity contribution in [3.05, 3.63) is 34.9 Å². The molecule has 0 N–H and O–H groups in total. The lowest BCUT2D eigenvalue weighted by atomic mass is 9.87. The predicted octanol–water partition coefficient (Wildman–Crippen LogP) is 2.29. The number of nitrogens with zero attached hydrogens (tertiary/aromatic N) is 2. The van der Waals surface area contributed by atoms with Gasteiger partial charge < -0.3 is 0 Å². The van der Waals surface area contributed by atoms with Crippen molar-refractivity contribution >= 4 is 0 Å². The van der Waals surface area contributed by atoms with Gasteiger partial charge in [0.15, 0.2) is 0 Å². The van der Waals surface area contributed by atoms with E-state index in [-0.39, 0.29) is 11.5 Å². The lowest BCUT2D eigenvalue weighted by molar-refractivity contribution is 0.831. The van der Waals surface area contributed by atoms with Crippen LogP contribution in [0.15, 0.2) is 28.9 Å².